The molecule has 2 nitrogen and oxygen atoms in total. The average molecular weight is 308 g/mol. The van der Waals surface area contributed by atoms with E-state index < -0.39 is 30.6 Å². The van der Waals surface area contributed by atoms with Crippen LogP contribution in [-0.4, -0.2) is 17.3 Å². The molecule has 1 aromatic rings. The van der Waals surface area contributed by atoms with Gasteiger partial charge in [-0.1, -0.05) is 17.7 Å². The molecule has 3 N–H and O–H groups in total. The van der Waals surface area contributed by atoms with Crippen molar-refractivity contribution in [2.45, 2.75) is 24.7 Å². The van der Waals surface area contributed by atoms with E-state index in [1.54, 1.807) is 0 Å². The maximum atomic E-state index is 13.0. The third kappa shape index (κ3) is 4.61. The van der Waals surface area contributed by atoms with Gasteiger partial charge in [0, 0.05) is 6.42 Å². The topological polar surface area (TPSA) is 46.2 Å². The van der Waals surface area contributed by atoms with Gasteiger partial charge >= 0.3 is 6.18 Å². The number of aliphatic hydroxyl groups is 1. The van der Waals surface area contributed by atoms with Gasteiger partial charge in [-0.05, 0) is 17.7 Å². The molecule has 8 heteroatoms. The molecule has 1 aromatic carbocycles. The summed E-state index contributed by atoms with van der Waals surface area (Å²) in [6.07, 6.45) is -6.81. The minimum Gasteiger partial charge on any atom is -0.388 e. The van der Waals surface area contributed by atoms with E-state index in [0.29, 0.717) is 0 Å². The van der Waals surface area contributed by atoms with Crippen molar-refractivity contribution in [2.24, 2.45) is 5.73 Å². The van der Waals surface area contributed by atoms with E-state index in [2.05, 4.69) is 0 Å². The van der Waals surface area contributed by atoms with Crippen LogP contribution >= 0.6 is 24.0 Å². The molecule has 0 aromatic heterocycles. The molecule has 0 amide bonds. The van der Waals surface area contributed by atoms with E-state index in [1.165, 1.54) is 6.07 Å². The summed E-state index contributed by atoms with van der Waals surface area (Å²) in [5.74, 6) is -0.802. The molecule has 0 bridgehead atoms. The highest BCUT2D eigenvalue weighted by Gasteiger charge is 2.37. The van der Waals surface area contributed by atoms with Crippen LogP contribution in [0.4, 0.5) is 17.6 Å². The van der Waals surface area contributed by atoms with Crippen LogP contribution in [0.1, 0.15) is 18.1 Å². The maximum absolute atomic E-state index is 13.0. The van der Waals surface area contributed by atoms with Crippen LogP contribution in [0.15, 0.2) is 18.2 Å². The highest BCUT2D eigenvalue weighted by atomic mass is 35.5. The molecule has 0 heterocycles. The first-order valence-corrected chi connectivity index (χ1v) is 5.05. The van der Waals surface area contributed by atoms with Gasteiger partial charge in [-0.15, -0.1) is 12.4 Å². The predicted octanol–water partition coefficient (Wildman–Crippen LogP) is 3.21. The van der Waals surface area contributed by atoms with Crippen LogP contribution in [0.2, 0.25) is 5.02 Å². The second kappa shape index (κ2) is 6.56. The van der Waals surface area contributed by atoms with Crippen molar-refractivity contribution in [3.05, 3.63) is 34.6 Å². The van der Waals surface area contributed by atoms with Crippen LogP contribution in [0, 0.1) is 5.82 Å². The molecular formula is C10H11Cl2F4NO. The largest absolute Gasteiger partial charge is 0.403 e. The van der Waals surface area contributed by atoms with Gasteiger partial charge < -0.3 is 10.8 Å². The van der Waals surface area contributed by atoms with E-state index >= 15 is 0 Å². The van der Waals surface area contributed by atoms with E-state index in [1.807, 2.05) is 0 Å². The smallest absolute Gasteiger partial charge is 0.388 e. The number of nitrogens with two attached hydrogens (primary N) is 1. The van der Waals surface area contributed by atoms with Crippen LogP contribution in [0.3, 0.4) is 0 Å². The lowest BCUT2D eigenvalue weighted by molar-refractivity contribution is -0.153. The molecule has 0 aliphatic heterocycles. The first-order valence-electron chi connectivity index (χ1n) is 4.67. The second-order valence-electron chi connectivity index (χ2n) is 3.57. The fourth-order valence-electron chi connectivity index (χ4n) is 1.23. The molecule has 18 heavy (non-hydrogen) atoms. The Morgan fingerprint density at radius 1 is 1.33 bits per heavy atom. The molecule has 0 spiro atoms. The molecule has 0 saturated carbocycles. The van der Waals surface area contributed by atoms with Crippen molar-refractivity contribution in [3.63, 3.8) is 0 Å². The van der Waals surface area contributed by atoms with Gasteiger partial charge in [0.25, 0.3) is 0 Å². The lowest BCUT2D eigenvalue weighted by Crippen LogP contribution is -2.38. The molecule has 0 aliphatic rings. The number of halogens is 6. The van der Waals surface area contributed by atoms with Crippen LogP contribution in [-0.2, 0) is 0 Å². The van der Waals surface area contributed by atoms with E-state index in [0.717, 1.165) is 12.1 Å². The van der Waals surface area contributed by atoms with Crippen LogP contribution < -0.4 is 5.73 Å². The van der Waals surface area contributed by atoms with Gasteiger partial charge in [0.2, 0.25) is 0 Å². The number of hydrogen-bond donors (Lipinski definition) is 2. The Morgan fingerprint density at radius 3 is 2.33 bits per heavy atom. The lowest BCUT2D eigenvalue weighted by Gasteiger charge is -2.19. The lowest BCUT2D eigenvalue weighted by atomic mass is 10.0. The molecule has 0 radical (unpaired) electrons. The number of aliphatic hydroxyl groups excluding tert-OH is 1. The van der Waals surface area contributed by atoms with Gasteiger partial charge in [-0.2, -0.15) is 13.2 Å². The first-order chi connectivity index (χ1) is 7.71. The molecule has 0 fully saturated rings. The third-order valence-corrected chi connectivity index (χ3v) is 2.53. The summed E-state index contributed by atoms with van der Waals surface area (Å²) < 4.78 is 49.4. The van der Waals surface area contributed by atoms with Crippen molar-refractivity contribution in [1.29, 1.82) is 0 Å². The zero-order chi connectivity index (χ0) is 13.2. The SMILES string of the molecule is Cl.N[C@@H](C[C@H](O)c1ccc(Cl)c(F)c1)C(F)(F)F. The van der Waals surface area contributed by atoms with Crippen LogP contribution in [0.5, 0.6) is 0 Å². The highest BCUT2D eigenvalue weighted by molar-refractivity contribution is 6.30. The quantitative estimate of drug-likeness (QED) is 0.842. The summed E-state index contributed by atoms with van der Waals surface area (Å²) in [6, 6.07) is 1.14. The molecular weight excluding hydrogens is 297 g/mol. The fraction of sp³-hybridized carbons (Fsp3) is 0.400. The second-order valence-corrected chi connectivity index (χ2v) is 3.98. The minimum absolute atomic E-state index is 0. The third-order valence-electron chi connectivity index (χ3n) is 2.23. The van der Waals surface area contributed by atoms with Gasteiger partial charge in [-0.25, -0.2) is 4.39 Å². The summed E-state index contributed by atoms with van der Waals surface area (Å²) in [6.45, 7) is 0. The van der Waals surface area contributed by atoms with E-state index in [4.69, 9.17) is 17.3 Å². The van der Waals surface area contributed by atoms with Gasteiger partial charge in [-0.3, -0.25) is 0 Å². The summed E-state index contributed by atoms with van der Waals surface area (Å²) in [4.78, 5) is 0. The number of benzene rings is 1. The average Bonchev–Trinajstić information content (AvgIpc) is 2.20. The summed E-state index contributed by atoms with van der Waals surface area (Å²) in [5, 5.41) is 9.31. The first kappa shape index (κ1) is 17.4. The van der Waals surface area contributed by atoms with Gasteiger partial charge in [0.05, 0.1) is 11.1 Å². The summed E-state index contributed by atoms with van der Waals surface area (Å²) >= 11 is 5.40. The van der Waals surface area contributed by atoms with Crippen molar-refractivity contribution < 1.29 is 22.7 Å². The monoisotopic (exact) mass is 307 g/mol. The number of rotatable bonds is 3. The molecule has 1 rings (SSSR count). The number of alkyl halides is 3. The van der Waals surface area contributed by atoms with Crippen molar-refractivity contribution in [2.75, 3.05) is 0 Å². The Bertz CT molecular complexity index is 400. The molecule has 0 aliphatic carbocycles. The van der Waals surface area contributed by atoms with E-state index in [-0.39, 0.29) is 23.0 Å². The van der Waals surface area contributed by atoms with Crippen molar-refractivity contribution >= 4 is 24.0 Å². The fourth-order valence-corrected chi connectivity index (χ4v) is 1.35. The Morgan fingerprint density at radius 2 is 1.89 bits per heavy atom. The highest BCUT2D eigenvalue weighted by Crippen LogP contribution is 2.28. The summed E-state index contributed by atoms with van der Waals surface area (Å²) in [5.41, 5.74) is 4.86. The van der Waals surface area contributed by atoms with Crippen molar-refractivity contribution in [3.8, 4) is 0 Å². The van der Waals surface area contributed by atoms with Crippen LogP contribution in [0.25, 0.3) is 0 Å². The predicted molar refractivity (Wildman–Crippen MR) is 62.3 cm³/mol. The Balaban J connectivity index is 0.00000289. The van der Waals surface area contributed by atoms with Gasteiger partial charge in [0.1, 0.15) is 11.9 Å². The number of hydrogen-bond acceptors (Lipinski definition) is 2. The molecule has 104 valence electrons. The normalized spacial score (nSPS) is 14.8. The Kier molecular flexibility index (Phi) is 6.36. The molecule has 0 unspecified atom stereocenters. The molecule has 2 atom stereocenters. The maximum Gasteiger partial charge on any atom is 0.403 e. The summed E-state index contributed by atoms with van der Waals surface area (Å²) in [7, 11) is 0. The standard InChI is InChI=1S/C10H10ClF4NO.ClH/c11-6-2-1-5(3-7(6)12)8(17)4-9(16)10(13,14)15;/h1-3,8-9,17H,4,16H2;1H/t8-,9-;/m0./s1. The zero-order valence-electron chi connectivity index (χ0n) is 8.92. The van der Waals surface area contributed by atoms with Gasteiger partial charge in [0.15, 0.2) is 0 Å². The Labute approximate surface area is 112 Å². The van der Waals surface area contributed by atoms with E-state index in [9.17, 15) is 22.7 Å². The molecule has 0 saturated heterocycles. The van der Waals surface area contributed by atoms with Crippen molar-refractivity contribution in [1.82, 2.24) is 0 Å². The minimum atomic E-state index is -4.59. The zero-order valence-corrected chi connectivity index (χ0v) is 10.5. The Hall–Kier alpha value is -0.560.